The number of hydrogen-bond acceptors (Lipinski definition) is 5. The first-order valence-corrected chi connectivity index (χ1v) is 5.35. The Balaban J connectivity index is 2.19. The molecule has 1 amide bonds. The van der Waals surface area contributed by atoms with Crippen LogP contribution in [0, 0.1) is 0 Å². The number of aromatic nitrogens is 2. The summed E-state index contributed by atoms with van der Waals surface area (Å²) in [4.78, 5) is 16.2. The van der Waals surface area contributed by atoms with Crippen molar-refractivity contribution in [2.24, 2.45) is 0 Å². The minimum absolute atomic E-state index is 0.225. The van der Waals surface area contributed by atoms with Crippen molar-refractivity contribution < 1.29 is 4.79 Å². The van der Waals surface area contributed by atoms with E-state index in [-0.39, 0.29) is 5.91 Å². The zero-order valence-corrected chi connectivity index (χ0v) is 9.26. The van der Waals surface area contributed by atoms with Crippen LogP contribution in [0.3, 0.4) is 0 Å². The monoisotopic (exact) mass is 237 g/mol. The first kappa shape index (κ1) is 10.1. The van der Waals surface area contributed by atoms with Crippen LogP contribution in [0.15, 0.2) is 35.5 Å². The highest BCUT2D eigenvalue weighted by atomic mass is 32.1. The van der Waals surface area contributed by atoms with Gasteiger partial charge in [0.1, 0.15) is 6.33 Å². The van der Waals surface area contributed by atoms with Crippen LogP contribution in [0.2, 0.25) is 0 Å². The molecule has 1 aromatic carbocycles. The van der Waals surface area contributed by atoms with E-state index in [2.05, 4.69) is 27.3 Å². The standard InChI is InChI=1S/C9H7N3OS2/c13-8(12-9-10-5-11-15-9)6-3-1-2-4-7(6)14/h1-5,14H,(H,10,11,12,13). The van der Waals surface area contributed by atoms with E-state index < -0.39 is 0 Å². The molecule has 2 rings (SSSR count). The first-order chi connectivity index (χ1) is 7.27. The molecular weight excluding hydrogens is 230 g/mol. The van der Waals surface area contributed by atoms with E-state index in [9.17, 15) is 4.79 Å². The fourth-order valence-corrected chi connectivity index (χ4v) is 1.75. The zero-order valence-electron chi connectivity index (χ0n) is 7.54. The van der Waals surface area contributed by atoms with Crippen molar-refractivity contribution in [2.45, 2.75) is 4.90 Å². The summed E-state index contributed by atoms with van der Waals surface area (Å²) >= 11 is 5.33. The van der Waals surface area contributed by atoms with Crippen LogP contribution in [0.5, 0.6) is 0 Å². The molecule has 4 nitrogen and oxygen atoms in total. The molecule has 0 atom stereocenters. The van der Waals surface area contributed by atoms with Crippen LogP contribution < -0.4 is 5.32 Å². The van der Waals surface area contributed by atoms with Crippen LogP contribution in [-0.2, 0) is 0 Å². The Morgan fingerprint density at radius 2 is 2.20 bits per heavy atom. The molecule has 0 bridgehead atoms. The SMILES string of the molecule is O=C(Nc1ncns1)c1ccccc1S. The Morgan fingerprint density at radius 3 is 2.87 bits per heavy atom. The van der Waals surface area contributed by atoms with Crippen molar-refractivity contribution in [3.63, 3.8) is 0 Å². The summed E-state index contributed by atoms with van der Waals surface area (Å²) in [6.07, 6.45) is 1.40. The maximum absolute atomic E-state index is 11.7. The summed E-state index contributed by atoms with van der Waals surface area (Å²) in [5.41, 5.74) is 0.524. The van der Waals surface area contributed by atoms with E-state index in [0.717, 1.165) is 11.5 Å². The second-order valence-electron chi connectivity index (χ2n) is 2.72. The van der Waals surface area contributed by atoms with E-state index in [1.54, 1.807) is 18.2 Å². The van der Waals surface area contributed by atoms with Gasteiger partial charge in [-0.1, -0.05) is 12.1 Å². The Bertz CT molecular complexity index is 470. The number of thiol groups is 1. The van der Waals surface area contributed by atoms with Crippen molar-refractivity contribution in [1.82, 2.24) is 9.36 Å². The molecule has 0 aliphatic heterocycles. The summed E-state index contributed by atoms with van der Waals surface area (Å²) in [7, 11) is 0. The van der Waals surface area contributed by atoms with Gasteiger partial charge >= 0.3 is 0 Å². The van der Waals surface area contributed by atoms with Gasteiger partial charge in [-0.3, -0.25) is 10.1 Å². The number of carbonyl (C=O) groups excluding carboxylic acids is 1. The Labute approximate surface area is 95.9 Å². The summed E-state index contributed by atoms with van der Waals surface area (Å²) < 4.78 is 3.79. The minimum atomic E-state index is -0.225. The number of benzene rings is 1. The third-order valence-electron chi connectivity index (χ3n) is 1.73. The van der Waals surface area contributed by atoms with Crippen LogP contribution >= 0.6 is 24.2 Å². The lowest BCUT2D eigenvalue weighted by Crippen LogP contribution is -2.12. The molecule has 0 fully saturated rings. The van der Waals surface area contributed by atoms with Crippen LogP contribution in [-0.4, -0.2) is 15.3 Å². The van der Waals surface area contributed by atoms with Gasteiger partial charge in [-0.05, 0) is 12.1 Å². The quantitative estimate of drug-likeness (QED) is 0.786. The molecule has 0 spiro atoms. The third kappa shape index (κ3) is 2.34. The average molecular weight is 237 g/mol. The van der Waals surface area contributed by atoms with E-state index in [1.807, 2.05) is 6.07 Å². The summed E-state index contributed by atoms with van der Waals surface area (Å²) in [5.74, 6) is -0.225. The Kier molecular flexibility index (Phi) is 2.98. The highest BCUT2D eigenvalue weighted by Crippen LogP contribution is 2.15. The number of carbonyl (C=O) groups is 1. The summed E-state index contributed by atoms with van der Waals surface area (Å²) in [5, 5.41) is 3.12. The van der Waals surface area contributed by atoms with E-state index >= 15 is 0 Å². The lowest BCUT2D eigenvalue weighted by atomic mass is 10.2. The summed E-state index contributed by atoms with van der Waals surface area (Å²) in [6.45, 7) is 0. The van der Waals surface area contributed by atoms with Gasteiger partial charge in [-0.15, -0.1) is 12.6 Å². The third-order valence-corrected chi connectivity index (χ3v) is 2.70. The Morgan fingerprint density at radius 1 is 1.40 bits per heavy atom. The topological polar surface area (TPSA) is 54.9 Å². The fourth-order valence-electron chi connectivity index (χ4n) is 1.06. The van der Waals surface area contributed by atoms with Gasteiger partial charge in [0, 0.05) is 16.4 Å². The normalized spacial score (nSPS) is 9.93. The average Bonchev–Trinajstić information content (AvgIpc) is 2.71. The van der Waals surface area contributed by atoms with Gasteiger partial charge in [0.15, 0.2) is 0 Å². The van der Waals surface area contributed by atoms with Crippen molar-refractivity contribution in [1.29, 1.82) is 0 Å². The van der Waals surface area contributed by atoms with Gasteiger partial charge in [-0.2, -0.15) is 4.37 Å². The van der Waals surface area contributed by atoms with Crippen molar-refractivity contribution >= 4 is 35.2 Å². The van der Waals surface area contributed by atoms with Crippen molar-refractivity contribution in [3.8, 4) is 0 Å². The molecule has 0 aliphatic rings. The number of hydrogen-bond donors (Lipinski definition) is 2. The predicted molar refractivity (Wildman–Crippen MR) is 61.6 cm³/mol. The minimum Gasteiger partial charge on any atom is -0.297 e. The fraction of sp³-hybridized carbons (Fsp3) is 0. The van der Waals surface area contributed by atoms with Crippen molar-refractivity contribution in [3.05, 3.63) is 36.2 Å². The first-order valence-electron chi connectivity index (χ1n) is 4.13. The number of rotatable bonds is 2. The van der Waals surface area contributed by atoms with Gasteiger partial charge in [0.2, 0.25) is 5.13 Å². The van der Waals surface area contributed by atoms with Crippen LogP contribution in [0.1, 0.15) is 10.4 Å². The largest absolute Gasteiger partial charge is 0.297 e. The van der Waals surface area contributed by atoms with Gasteiger partial charge in [0.05, 0.1) is 5.56 Å². The number of nitrogens with zero attached hydrogens (tertiary/aromatic N) is 2. The molecule has 76 valence electrons. The molecule has 2 aromatic rings. The van der Waals surface area contributed by atoms with Crippen LogP contribution in [0.25, 0.3) is 0 Å². The lowest BCUT2D eigenvalue weighted by Gasteiger charge is -2.03. The van der Waals surface area contributed by atoms with E-state index in [1.165, 1.54) is 6.33 Å². The molecule has 1 aromatic heterocycles. The van der Waals surface area contributed by atoms with E-state index in [0.29, 0.717) is 15.6 Å². The van der Waals surface area contributed by atoms with Crippen LogP contribution in [0.4, 0.5) is 5.13 Å². The van der Waals surface area contributed by atoms with Crippen molar-refractivity contribution in [2.75, 3.05) is 5.32 Å². The second kappa shape index (κ2) is 4.41. The molecule has 15 heavy (non-hydrogen) atoms. The highest BCUT2D eigenvalue weighted by Gasteiger charge is 2.09. The zero-order chi connectivity index (χ0) is 10.7. The van der Waals surface area contributed by atoms with Gasteiger partial charge in [-0.25, -0.2) is 4.98 Å². The number of amides is 1. The lowest BCUT2D eigenvalue weighted by molar-refractivity contribution is 0.102. The maximum Gasteiger partial charge on any atom is 0.258 e. The molecular formula is C9H7N3OS2. The maximum atomic E-state index is 11.7. The second-order valence-corrected chi connectivity index (χ2v) is 3.98. The van der Waals surface area contributed by atoms with E-state index in [4.69, 9.17) is 0 Å². The molecule has 0 saturated heterocycles. The molecule has 0 aliphatic carbocycles. The molecule has 6 heteroatoms. The van der Waals surface area contributed by atoms with Gasteiger partial charge < -0.3 is 0 Å². The number of nitrogens with one attached hydrogen (secondary N) is 1. The number of anilines is 1. The predicted octanol–water partition coefficient (Wildman–Crippen LogP) is 2.08. The Hall–Kier alpha value is -1.40. The molecule has 0 radical (unpaired) electrons. The smallest absolute Gasteiger partial charge is 0.258 e. The summed E-state index contributed by atoms with van der Waals surface area (Å²) in [6, 6.07) is 7.08. The molecule has 0 unspecified atom stereocenters. The van der Waals surface area contributed by atoms with Gasteiger partial charge in [0.25, 0.3) is 5.91 Å². The molecule has 1 N–H and O–H groups in total. The molecule has 1 heterocycles. The molecule has 0 saturated carbocycles. The highest BCUT2D eigenvalue weighted by molar-refractivity contribution is 7.80.